The van der Waals surface area contributed by atoms with Gasteiger partial charge in [0.2, 0.25) is 11.3 Å². The Labute approximate surface area is 324 Å². The second kappa shape index (κ2) is 18.0. The number of carbonyl (C=O) groups is 1. The lowest BCUT2D eigenvalue weighted by Gasteiger charge is -2.20. The van der Waals surface area contributed by atoms with Crippen molar-refractivity contribution in [2.75, 3.05) is 11.5 Å². The number of fused-ring (bicyclic) bond motifs is 2. The molecule has 0 aliphatic carbocycles. The standard InChI is InChI=1S/C22H23N5O.C22H21N5O/c2*23-20-14-19(21-22(24-20)26-27-25-21)18(16-9-5-2-6-10-16)12-11-17(28)13-15-7-3-1-4-8-15/h1-10,14,17-18,28H,11-13H2,(H3,23,24,25,26,27);1-10,14,18H,11-13H2,(H3,23,24,25,26,27). The van der Waals surface area contributed by atoms with E-state index in [9.17, 15) is 9.90 Å². The Bertz CT molecular complexity index is 2460. The molecular weight excluding hydrogens is 701 g/mol. The number of anilines is 2. The van der Waals surface area contributed by atoms with Crippen LogP contribution in [0, 0.1) is 0 Å². The highest BCUT2D eigenvalue weighted by Crippen LogP contribution is 2.35. The highest BCUT2D eigenvalue weighted by Gasteiger charge is 2.23. The number of aromatic amines is 2. The average Bonchev–Trinajstić information content (AvgIpc) is 3.90. The second-order valence-corrected chi connectivity index (χ2v) is 13.9. The van der Waals surface area contributed by atoms with Gasteiger partial charge in [-0.05, 0) is 71.2 Å². The quantitative estimate of drug-likeness (QED) is 0.0765. The molecule has 4 heterocycles. The van der Waals surface area contributed by atoms with Crippen molar-refractivity contribution >= 4 is 39.7 Å². The van der Waals surface area contributed by atoms with Crippen molar-refractivity contribution < 1.29 is 9.90 Å². The number of aromatic nitrogens is 8. The van der Waals surface area contributed by atoms with Crippen molar-refractivity contribution in [3.05, 3.63) is 167 Å². The summed E-state index contributed by atoms with van der Waals surface area (Å²) in [5, 5.41) is 32.6. The number of nitrogens with two attached hydrogens (primary N) is 2. The summed E-state index contributed by atoms with van der Waals surface area (Å²) < 4.78 is 0. The van der Waals surface area contributed by atoms with Gasteiger partial charge in [-0.3, -0.25) is 4.79 Å². The van der Waals surface area contributed by atoms with E-state index >= 15 is 0 Å². The van der Waals surface area contributed by atoms with Gasteiger partial charge in [0.1, 0.15) is 28.5 Å². The van der Waals surface area contributed by atoms with Crippen LogP contribution in [0.15, 0.2) is 133 Å². The first-order chi connectivity index (χ1) is 27.4. The van der Waals surface area contributed by atoms with E-state index in [4.69, 9.17) is 11.5 Å². The van der Waals surface area contributed by atoms with Crippen LogP contribution in [0.2, 0.25) is 0 Å². The van der Waals surface area contributed by atoms with Crippen LogP contribution in [0.25, 0.3) is 22.3 Å². The van der Waals surface area contributed by atoms with Crippen molar-refractivity contribution in [3.63, 3.8) is 0 Å². The number of ketones is 1. The normalized spacial score (nSPS) is 12.8. The number of hydrogen-bond donors (Lipinski definition) is 5. The molecule has 0 aliphatic heterocycles. The van der Waals surface area contributed by atoms with E-state index in [0.29, 0.717) is 60.6 Å². The topological polar surface area (TPSA) is 198 Å². The number of pyridine rings is 2. The summed E-state index contributed by atoms with van der Waals surface area (Å²) in [7, 11) is 0. The maximum Gasteiger partial charge on any atom is 0.203 e. The van der Waals surface area contributed by atoms with Gasteiger partial charge in [-0.2, -0.15) is 20.6 Å². The van der Waals surface area contributed by atoms with Crippen molar-refractivity contribution in [2.24, 2.45) is 0 Å². The highest BCUT2D eigenvalue weighted by atomic mass is 16.3. The van der Waals surface area contributed by atoms with Gasteiger partial charge in [-0.25, -0.2) is 9.97 Å². The molecule has 8 rings (SSSR count). The molecule has 0 spiro atoms. The van der Waals surface area contributed by atoms with E-state index in [2.05, 4.69) is 65.1 Å². The van der Waals surface area contributed by atoms with E-state index in [0.717, 1.165) is 45.3 Å². The zero-order valence-electron chi connectivity index (χ0n) is 30.9. The Kier molecular flexibility index (Phi) is 12.1. The first-order valence-electron chi connectivity index (χ1n) is 18.7. The number of nitrogens with one attached hydrogen (secondary N) is 2. The van der Waals surface area contributed by atoms with Crippen LogP contribution in [0.5, 0.6) is 0 Å². The van der Waals surface area contributed by atoms with E-state index < -0.39 is 6.10 Å². The molecule has 0 amide bonds. The molecule has 7 N–H and O–H groups in total. The molecule has 8 aromatic rings. The molecule has 0 fully saturated rings. The Balaban J connectivity index is 0.000000172. The van der Waals surface area contributed by atoms with Gasteiger partial charge in [-0.1, -0.05) is 121 Å². The minimum atomic E-state index is -0.416. The zero-order valence-corrected chi connectivity index (χ0v) is 30.9. The number of carbonyl (C=O) groups excluding carboxylic acids is 1. The number of H-pyrrole nitrogens is 2. The molecule has 3 atom stereocenters. The molecule has 0 radical (unpaired) electrons. The minimum Gasteiger partial charge on any atom is -0.393 e. The fraction of sp³-hybridized carbons (Fsp3) is 0.205. The summed E-state index contributed by atoms with van der Waals surface area (Å²) in [5.41, 5.74) is 20.8. The van der Waals surface area contributed by atoms with Gasteiger partial charge in [0.15, 0.2) is 0 Å². The summed E-state index contributed by atoms with van der Waals surface area (Å²) in [6, 6.07) is 43.9. The molecule has 12 heteroatoms. The average molecular weight is 745 g/mol. The third kappa shape index (κ3) is 9.46. The smallest absolute Gasteiger partial charge is 0.203 e. The van der Waals surface area contributed by atoms with Crippen molar-refractivity contribution in [3.8, 4) is 0 Å². The number of aliphatic hydroxyl groups excluding tert-OH is 1. The zero-order chi connectivity index (χ0) is 38.7. The summed E-state index contributed by atoms with van der Waals surface area (Å²) in [6.07, 6.45) is 3.23. The molecule has 12 nitrogen and oxygen atoms in total. The molecule has 56 heavy (non-hydrogen) atoms. The maximum atomic E-state index is 12.6. The molecule has 282 valence electrons. The van der Waals surface area contributed by atoms with Crippen molar-refractivity contribution in [1.82, 2.24) is 40.8 Å². The minimum absolute atomic E-state index is 0.0150. The molecular formula is C44H44N10O2. The van der Waals surface area contributed by atoms with Crippen LogP contribution in [-0.2, 0) is 17.6 Å². The van der Waals surface area contributed by atoms with Crippen LogP contribution < -0.4 is 11.5 Å². The summed E-state index contributed by atoms with van der Waals surface area (Å²) in [6.45, 7) is 0. The third-order valence-corrected chi connectivity index (χ3v) is 9.90. The first kappa shape index (κ1) is 37.5. The summed E-state index contributed by atoms with van der Waals surface area (Å²) >= 11 is 0. The van der Waals surface area contributed by atoms with Gasteiger partial charge >= 0.3 is 0 Å². The number of aliphatic hydroxyl groups is 1. The molecule has 0 bridgehead atoms. The monoisotopic (exact) mass is 744 g/mol. The molecule has 0 aliphatic rings. The number of nitrogens with zero attached hydrogens (tertiary/aromatic N) is 6. The SMILES string of the molecule is Nc1cc(C(CCC(=O)Cc2ccccc2)c2ccccc2)c2n[nH]nc2n1.Nc1cc(C(CCC(O)Cc2ccccc2)c2ccccc2)c2n[nH]nc2n1. The predicted octanol–water partition coefficient (Wildman–Crippen LogP) is 7.11. The summed E-state index contributed by atoms with van der Waals surface area (Å²) in [5.74, 6) is 1.06. The van der Waals surface area contributed by atoms with Gasteiger partial charge in [0, 0.05) is 24.7 Å². The van der Waals surface area contributed by atoms with Gasteiger partial charge in [0.25, 0.3) is 0 Å². The Morgan fingerprint density at radius 1 is 0.571 bits per heavy atom. The van der Waals surface area contributed by atoms with Crippen molar-refractivity contribution in [2.45, 2.75) is 56.5 Å². The van der Waals surface area contributed by atoms with E-state index in [1.54, 1.807) is 0 Å². The van der Waals surface area contributed by atoms with Gasteiger partial charge in [0.05, 0.1) is 6.10 Å². The molecule has 4 aromatic carbocycles. The number of Topliss-reactive ketones (excluding diaryl/α,β-unsaturated/α-hetero) is 1. The second-order valence-electron chi connectivity index (χ2n) is 13.9. The Morgan fingerprint density at radius 2 is 1.02 bits per heavy atom. The largest absolute Gasteiger partial charge is 0.393 e. The van der Waals surface area contributed by atoms with Gasteiger partial charge in [-0.15, -0.1) is 10.2 Å². The number of rotatable bonds is 14. The van der Waals surface area contributed by atoms with Crippen LogP contribution >= 0.6 is 0 Å². The predicted molar refractivity (Wildman–Crippen MR) is 219 cm³/mol. The number of benzene rings is 4. The lowest BCUT2D eigenvalue weighted by Crippen LogP contribution is -2.13. The lowest BCUT2D eigenvalue weighted by atomic mass is 9.86. The lowest BCUT2D eigenvalue weighted by molar-refractivity contribution is -0.118. The number of nitrogen functional groups attached to an aromatic ring is 2. The molecule has 3 unspecified atom stereocenters. The fourth-order valence-corrected chi connectivity index (χ4v) is 7.23. The van der Waals surface area contributed by atoms with Crippen LogP contribution in [0.3, 0.4) is 0 Å². The van der Waals surface area contributed by atoms with Crippen LogP contribution in [-0.4, -0.2) is 57.8 Å². The van der Waals surface area contributed by atoms with Crippen LogP contribution in [0.4, 0.5) is 11.6 Å². The number of hydrogen-bond acceptors (Lipinski definition) is 10. The molecule has 0 saturated carbocycles. The maximum absolute atomic E-state index is 12.6. The molecule has 0 saturated heterocycles. The van der Waals surface area contributed by atoms with Gasteiger partial charge < -0.3 is 16.6 Å². The Hall–Kier alpha value is -6.79. The Morgan fingerprint density at radius 3 is 1.52 bits per heavy atom. The molecule has 4 aromatic heterocycles. The van der Waals surface area contributed by atoms with E-state index in [-0.39, 0.29) is 17.6 Å². The fourth-order valence-electron chi connectivity index (χ4n) is 7.23. The third-order valence-electron chi connectivity index (χ3n) is 9.90. The highest BCUT2D eigenvalue weighted by molar-refractivity contribution is 5.81. The van der Waals surface area contributed by atoms with E-state index in [1.807, 2.05) is 109 Å². The first-order valence-corrected chi connectivity index (χ1v) is 18.7. The van der Waals surface area contributed by atoms with E-state index in [1.165, 1.54) is 0 Å². The van der Waals surface area contributed by atoms with Crippen LogP contribution in [0.1, 0.15) is 70.9 Å². The van der Waals surface area contributed by atoms with Crippen molar-refractivity contribution in [1.29, 1.82) is 0 Å². The summed E-state index contributed by atoms with van der Waals surface area (Å²) in [4.78, 5) is 21.1.